The summed E-state index contributed by atoms with van der Waals surface area (Å²) < 4.78 is 11.9. The van der Waals surface area contributed by atoms with E-state index in [1.807, 2.05) is 16.8 Å². The van der Waals surface area contributed by atoms with Gasteiger partial charge in [-0.2, -0.15) is 0 Å². The van der Waals surface area contributed by atoms with E-state index in [0.29, 0.717) is 10.8 Å². The van der Waals surface area contributed by atoms with Gasteiger partial charge in [-0.3, -0.25) is 0 Å². The molecule has 2 aliphatic rings. The number of hydrogen-bond donors (Lipinski definition) is 0. The molecule has 1 unspecified atom stereocenters. The van der Waals surface area contributed by atoms with Crippen molar-refractivity contribution in [2.24, 2.45) is 0 Å². The Morgan fingerprint density at radius 1 is 1.48 bits per heavy atom. The summed E-state index contributed by atoms with van der Waals surface area (Å²) in [6.45, 7) is 4.31. The van der Waals surface area contributed by atoms with Crippen LogP contribution >= 0.6 is 11.8 Å². The summed E-state index contributed by atoms with van der Waals surface area (Å²) in [5.74, 6) is 0.678. The third kappa shape index (κ3) is 3.75. The van der Waals surface area contributed by atoms with Gasteiger partial charge in [0.1, 0.15) is 0 Å². The average molecular weight is 456 g/mol. The number of rotatable bonds is 7. The van der Waals surface area contributed by atoms with Gasteiger partial charge in [-0.05, 0) is 0 Å². The van der Waals surface area contributed by atoms with Crippen LogP contribution in [0.1, 0.15) is 37.5 Å². The summed E-state index contributed by atoms with van der Waals surface area (Å²) in [6.07, 6.45) is 5.61. The van der Waals surface area contributed by atoms with Gasteiger partial charge < -0.3 is 0 Å². The predicted octanol–water partition coefficient (Wildman–Crippen LogP) is 3.09. The monoisotopic (exact) mass is 457 g/mol. The van der Waals surface area contributed by atoms with Crippen molar-refractivity contribution < 1.29 is 19.1 Å². The van der Waals surface area contributed by atoms with Crippen LogP contribution in [0.25, 0.3) is 0 Å². The summed E-state index contributed by atoms with van der Waals surface area (Å²) in [5.41, 5.74) is 1.59. The van der Waals surface area contributed by atoms with Crippen molar-refractivity contribution in [1.29, 1.82) is 0 Å². The van der Waals surface area contributed by atoms with Crippen LogP contribution in [0.4, 0.5) is 0 Å². The van der Waals surface area contributed by atoms with Gasteiger partial charge in [-0.25, -0.2) is 0 Å². The van der Waals surface area contributed by atoms with E-state index in [4.69, 9.17) is 14.3 Å². The van der Waals surface area contributed by atoms with Gasteiger partial charge in [0.05, 0.1) is 0 Å². The normalized spacial score (nSPS) is 25.5. The fraction of sp³-hybridized carbons (Fsp3) is 0.550. The minimum atomic E-state index is -0.385. The number of fused-ring (bicyclic) bond motifs is 1. The zero-order valence-corrected chi connectivity index (χ0v) is 19.0. The molecule has 1 aromatic rings. The maximum atomic E-state index is 12.1. The van der Waals surface area contributed by atoms with Gasteiger partial charge in [-0.1, -0.05) is 0 Å². The molecule has 0 N–H and O–H groups in total. The van der Waals surface area contributed by atoms with Crippen molar-refractivity contribution in [2.75, 3.05) is 20.5 Å². The summed E-state index contributed by atoms with van der Waals surface area (Å²) >= 11 is 2.10. The number of esters is 1. The first kappa shape index (κ1) is 20.6. The van der Waals surface area contributed by atoms with Crippen LogP contribution in [0.15, 0.2) is 30.0 Å². The molecular weight excluding hydrogens is 429 g/mol. The van der Waals surface area contributed by atoms with Crippen LogP contribution in [0.5, 0.6) is 5.75 Å². The Bertz CT molecular complexity index is 741. The molecule has 148 valence electrons. The molecule has 5 nitrogen and oxygen atoms in total. The summed E-state index contributed by atoms with van der Waals surface area (Å²) in [7, 11) is 3.16. The van der Waals surface area contributed by atoms with E-state index < -0.39 is 0 Å². The summed E-state index contributed by atoms with van der Waals surface area (Å²) in [4.78, 5) is 17.9. The molecule has 0 bridgehead atoms. The molecule has 3 rings (SSSR count). The van der Waals surface area contributed by atoms with Gasteiger partial charge in [0.2, 0.25) is 0 Å². The van der Waals surface area contributed by atoms with Crippen molar-refractivity contribution in [3.8, 4) is 5.75 Å². The molecular formula is C20H27NO4SSe. The molecule has 3 atom stereocenters. The van der Waals surface area contributed by atoms with E-state index in [0.717, 1.165) is 23.9 Å². The number of carbonyl (C=O) groups is 1. The van der Waals surface area contributed by atoms with E-state index in [1.165, 1.54) is 17.1 Å². The van der Waals surface area contributed by atoms with E-state index in [-0.39, 0.29) is 32.5 Å². The Kier molecular flexibility index (Phi) is 6.46. The molecule has 7 heteroatoms. The summed E-state index contributed by atoms with van der Waals surface area (Å²) in [6, 6.07) is 6.62. The topological polar surface area (TPSA) is 48.0 Å². The van der Waals surface area contributed by atoms with E-state index in [1.54, 1.807) is 13.4 Å². The molecule has 2 aliphatic heterocycles. The quantitative estimate of drug-likeness (QED) is 0.464. The molecule has 0 spiro atoms. The SMILES string of the molecule is COC(=O)C1=CON2C(C[Se]c3c(OC)cccc3[C@H](C)SC)CC[C@@]12C. The molecule has 0 amide bonds. The van der Waals surface area contributed by atoms with E-state index in [9.17, 15) is 4.79 Å². The first-order valence-corrected chi connectivity index (χ1v) is 12.4. The van der Waals surface area contributed by atoms with Crippen LogP contribution in [0.3, 0.4) is 0 Å². The second-order valence-electron chi connectivity index (χ2n) is 6.99. The number of hydrogen-bond acceptors (Lipinski definition) is 6. The van der Waals surface area contributed by atoms with Crippen LogP contribution < -0.4 is 9.20 Å². The van der Waals surface area contributed by atoms with Crippen LogP contribution in [0, 0.1) is 0 Å². The Hall–Kier alpha value is -1.14. The Morgan fingerprint density at radius 3 is 2.93 bits per heavy atom. The number of nitrogens with zero attached hydrogens (tertiary/aromatic N) is 1. The standard InChI is InChI=1S/C20H27NO4SSe/c1-13(26-5)15-7-6-8-17(23-3)18(15)27-12-14-9-10-20(2)16(19(22)24-4)11-25-21(14)20/h6-8,11,13-14H,9-10,12H2,1-5H3/t13-,14?,20-/m0/s1. The number of ether oxygens (including phenoxy) is 2. The van der Waals surface area contributed by atoms with Crippen molar-refractivity contribution in [1.82, 2.24) is 5.06 Å². The van der Waals surface area contributed by atoms with Gasteiger partial charge >= 0.3 is 172 Å². The Balaban J connectivity index is 1.75. The average Bonchev–Trinajstić information content (AvgIpc) is 3.19. The molecule has 1 saturated heterocycles. The zero-order valence-electron chi connectivity index (χ0n) is 16.5. The summed E-state index contributed by atoms with van der Waals surface area (Å²) in [5, 5.41) is 3.45. The fourth-order valence-corrected chi connectivity index (χ4v) is 7.26. The maximum absolute atomic E-state index is 12.1. The van der Waals surface area contributed by atoms with Crippen molar-refractivity contribution >= 4 is 37.1 Å². The number of carbonyl (C=O) groups excluding carboxylic acids is 1. The van der Waals surface area contributed by atoms with E-state index >= 15 is 0 Å². The van der Waals surface area contributed by atoms with Crippen molar-refractivity contribution in [2.45, 2.75) is 48.8 Å². The molecule has 0 radical (unpaired) electrons. The first-order chi connectivity index (χ1) is 13.0. The van der Waals surface area contributed by atoms with Crippen LogP contribution in [-0.4, -0.2) is 58.0 Å². The molecule has 0 aromatic heterocycles. The van der Waals surface area contributed by atoms with Gasteiger partial charge in [0.15, 0.2) is 0 Å². The third-order valence-electron chi connectivity index (χ3n) is 5.49. The molecule has 0 aliphatic carbocycles. The number of hydroxylamine groups is 2. The molecule has 27 heavy (non-hydrogen) atoms. The van der Waals surface area contributed by atoms with E-state index in [2.05, 4.69) is 38.3 Å². The van der Waals surface area contributed by atoms with Crippen molar-refractivity contribution in [3.05, 3.63) is 35.6 Å². The van der Waals surface area contributed by atoms with Gasteiger partial charge in [-0.15, -0.1) is 0 Å². The number of methoxy groups -OCH3 is 2. The van der Waals surface area contributed by atoms with Crippen LogP contribution in [0.2, 0.25) is 5.32 Å². The Morgan fingerprint density at radius 2 is 2.26 bits per heavy atom. The molecule has 1 aromatic carbocycles. The number of benzene rings is 1. The molecule has 2 heterocycles. The first-order valence-electron chi connectivity index (χ1n) is 9.03. The molecule has 0 saturated carbocycles. The van der Waals surface area contributed by atoms with Gasteiger partial charge in [0.25, 0.3) is 0 Å². The van der Waals surface area contributed by atoms with Crippen molar-refractivity contribution in [3.63, 3.8) is 0 Å². The van der Waals surface area contributed by atoms with Crippen LogP contribution in [-0.2, 0) is 14.4 Å². The Labute approximate surface area is 171 Å². The zero-order chi connectivity index (χ0) is 19.6. The number of thioether (sulfide) groups is 1. The second-order valence-corrected chi connectivity index (χ2v) is 10.3. The molecule has 1 fully saturated rings. The minimum absolute atomic E-state index is 0.249. The predicted molar refractivity (Wildman–Crippen MR) is 110 cm³/mol. The third-order valence-corrected chi connectivity index (χ3v) is 9.13. The second kappa shape index (κ2) is 8.48. The van der Waals surface area contributed by atoms with Gasteiger partial charge in [0, 0.05) is 0 Å². The fourth-order valence-electron chi connectivity index (χ4n) is 3.77.